The molecule has 3 heterocycles. The minimum absolute atomic E-state index is 0.297. The first-order valence-electron chi connectivity index (χ1n) is 9.87. The molecule has 0 saturated heterocycles. The summed E-state index contributed by atoms with van der Waals surface area (Å²) in [5, 5.41) is 7.85. The summed E-state index contributed by atoms with van der Waals surface area (Å²) in [7, 11) is 0. The third kappa shape index (κ3) is 2.88. The van der Waals surface area contributed by atoms with Crippen LogP contribution in [0.5, 0.6) is 5.75 Å². The van der Waals surface area contributed by atoms with Gasteiger partial charge in [0.15, 0.2) is 0 Å². The van der Waals surface area contributed by atoms with Crippen molar-refractivity contribution in [2.75, 3.05) is 5.32 Å². The Kier molecular flexibility index (Phi) is 4.17. The summed E-state index contributed by atoms with van der Waals surface area (Å²) in [5.74, 6) is 1.03. The zero-order valence-corrected chi connectivity index (χ0v) is 17.8. The molecule has 6 rings (SSSR count). The lowest BCUT2D eigenvalue weighted by atomic mass is 9.84. The molecule has 152 valence electrons. The van der Waals surface area contributed by atoms with Crippen molar-refractivity contribution in [1.29, 1.82) is 0 Å². The van der Waals surface area contributed by atoms with Crippen LogP contribution in [-0.4, -0.2) is 14.8 Å². The van der Waals surface area contributed by atoms with Crippen LogP contribution in [0.1, 0.15) is 28.8 Å². The number of nitrogens with zero attached hydrogens (tertiary/aromatic N) is 3. The number of aromatic nitrogens is 3. The Balaban J connectivity index is 1.66. The number of hydrogen-bond acceptors (Lipinski definition) is 4. The maximum Gasteiger partial charge on any atom is 0.226 e. The molecule has 4 aromatic rings. The van der Waals surface area contributed by atoms with Gasteiger partial charge in [-0.1, -0.05) is 58.4 Å². The van der Waals surface area contributed by atoms with E-state index in [2.05, 4.69) is 31.3 Å². The summed E-state index contributed by atoms with van der Waals surface area (Å²) in [6, 6.07) is 22.1. The largest absolute Gasteiger partial charge is 0.480 e. The topological polar surface area (TPSA) is 52.0 Å². The summed E-state index contributed by atoms with van der Waals surface area (Å²) >= 11 is 3.56. The maximum absolute atomic E-state index is 15.1. The first-order valence-corrected chi connectivity index (χ1v) is 10.7. The van der Waals surface area contributed by atoms with Crippen LogP contribution in [0.15, 0.2) is 89.2 Å². The Morgan fingerprint density at radius 3 is 2.71 bits per heavy atom. The second kappa shape index (κ2) is 7.06. The number of para-hydroxylation sites is 1. The third-order valence-electron chi connectivity index (χ3n) is 5.67. The highest BCUT2D eigenvalue weighted by molar-refractivity contribution is 9.10. The van der Waals surface area contributed by atoms with Crippen LogP contribution in [-0.2, 0) is 0 Å². The lowest BCUT2D eigenvalue weighted by Gasteiger charge is -2.39. The molecule has 0 radical (unpaired) electrons. The molecule has 0 aliphatic carbocycles. The Morgan fingerprint density at radius 1 is 1.00 bits per heavy atom. The van der Waals surface area contributed by atoms with Gasteiger partial charge < -0.3 is 10.1 Å². The summed E-state index contributed by atoms with van der Waals surface area (Å²) in [6.45, 7) is 0. The van der Waals surface area contributed by atoms with Crippen molar-refractivity contribution >= 4 is 27.6 Å². The van der Waals surface area contributed by atoms with Crippen LogP contribution >= 0.6 is 15.9 Å². The van der Waals surface area contributed by atoms with Crippen molar-refractivity contribution in [3.05, 3.63) is 112 Å². The second-order valence-electron chi connectivity index (χ2n) is 7.46. The number of fused-ring (bicyclic) bond motifs is 3. The second-order valence-corrected chi connectivity index (χ2v) is 8.37. The molecule has 0 bridgehead atoms. The van der Waals surface area contributed by atoms with Crippen molar-refractivity contribution < 1.29 is 9.13 Å². The van der Waals surface area contributed by atoms with E-state index in [1.807, 2.05) is 54.6 Å². The van der Waals surface area contributed by atoms with Gasteiger partial charge in [0.05, 0.1) is 5.70 Å². The monoisotopic (exact) mass is 474 g/mol. The van der Waals surface area contributed by atoms with Crippen LogP contribution < -0.4 is 10.1 Å². The number of nitrogens with one attached hydrogen (secondary N) is 1. The van der Waals surface area contributed by atoms with Gasteiger partial charge in [-0.15, -0.1) is 0 Å². The van der Waals surface area contributed by atoms with E-state index in [0.29, 0.717) is 11.5 Å². The fraction of sp³-hybridized carbons (Fsp3) is 0.0833. The lowest BCUT2D eigenvalue weighted by Crippen LogP contribution is -2.32. The zero-order chi connectivity index (χ0) is 20.9. The molecule has 3 aromatic carbocycles. The molecule has 2 aliphatic heterocycles. The van der Waals surface area contributed by atoms with Crippen molar-refractivity contribution in [1.82, 2.24) is 14.8 Å². The molecule has 0 fully saturated rings. The van der Waals surface area contributed by atoms with Crippen LogP contribution in [0, 0.1) is 5.82 Å². The van der Waals surface area contributed by atoms with E-state index in [9.17, 15) is 0 Å². The SMILES string of the molecule is Fc1ccccc1C1C2=C(Nc3ncnn31)c1ccccc1OC2c1cccc(Br)c1. The summed E-state index contributed by atoms with van der Waals surface area (Å²) in [4.78, 5) is 4.37. The molecule has 2 unspecified atom stereocenters. The first kappa shape index (κ1) is 18.3. The predicted octanol–water partition coefficient (Wildman–Crippen LogP) is 5.74. The number of ether oxygens (including phenoxy) is 1. The molecule has 0 amide bonds. The molecular formula is C24H16BrFN4O. The molecule has 7 heteroatoms. The van der Waals surface area contributed by atoms with Gasteiger partial charge in [0.25, 0.3) is 0 Å². The van der Waals surface area contributed by atoms with Crippen LogP contribution in [0.2, 0.25) is 0 Å². The maximum atomic E-state index is 15.1. The van der Waals surface area contributed by atoms with Gasteiger partial charge in [-0.25, -0.2) is 9.07 Å². The number of halogens is 2. The van der Waals surface area contributed by atoms with Gasteiger partial charge in [-0.2, -0.15) is 10.1 Å². The Labute approximate surface area is 186 Å². The van der Waals surface area contributed by atoms with E-state index in [4.69, 9.17) is 4.74 Å². The average Bonchev–Trinajstić information content (AvgIpc) is 3.26. The Morgan fingerprint density at radius 2 is 1.84 bits per heavy atom. The van der Waals surface area contributed by atoms with Gasteiger partial charge in [-0.05, 0) is 35.9 Å². The van der Waals surface area contributed by atoms with E-state index >= 15 is 4.39 Å². The highest BCUT2D eigenvalue weighted by Crippen LogP contribution is 2.50. The molecule has 2 atom stereocenters. The minimum Gasteiger partial charge on any atom is -0.480 e. The van der Waals surface area contributed by atoms with Crippen molar-refractivity contribution in [2.45, 2.75) is 12.1 Å². The van der Waals surface area contributed by atoms with E-state index < -0.39 is 12.1 Å². The molecule has 1 N–H and O–H groups in total. The van der Waals surface area contributed by atoms with Crippen molar-refractivity contribution in [3.63, 3.8) is 0 Å². The normalized spacial score (nSPS) is 19.0. The van der Waals surface area contributed by atoms with Crippen LogP contribution in [0.3, 0.4) is 0 Å². The quantitative estimate of drug-likeness (QED) is 0.402. The molecule has 1 aromatic heterocycles. The summed E-state index contributed by atoms with van der Waals surface area (Å²) in [5.41, 5.74) is 4.16. The molecule has 31 heavy (non-hydrogen) atoms. The molecular weight excluding hydrogens is 459 g/mol. The standard InChI is InChI=1S/C24H16BrFN4O/c25-15-7-5-6-14(12-15)23-20-21(17-9-2-4-11-19(17)31-23)29-24-27-13-28-30(24)22(20)16-8-1-3-10-18(16)26/h1-13,22-23H,(H,27,28,29). The van der Waals surface area contributed by atoms with Gasteiger partial charge in [0, 0.05) is 21.2 Å². The molecule has 2 aliphatic rings. The number of benzene rings is 3. The molecule has 0 spiro atoms. The minimum atomic E-state index is -0.507. The first-order chi connectivity index (χ1) is 15.2. The van der Waals surface area contributed by atoms with E-state index in [1.165, 1.54) is 12.4 Å². The van der Waals surface area contributed by atoms with E-state index in [-0.39, 0.29) is 5.82 Å². The fourth-order valence-corrected chi connectivity index (χ4v) is 4.77. The van der Waals surface area contributed by atoms with E-state index in [1.54, 1.807) is 16.8 Å². The molecule has 5 nitrogen and oxygen atoms in total. The number of anilines is 1. The van der Waals surface area contributed by atoms with Gasteiger partial charge >= 0.3 is 0 Å². The van der Waals surface area contributed by atoms with Gasteiger partial charge in [-0.3, -0.25) is 0 Å². The molecule has 0 saturated carbocycles. The summed E-state index contributed by atoms with van der Waals surface area (Å²) in [6.07, 6.45) is 1.05. The van der Waals surface area contributed by atoms with Crippen molar-refractivity contribution in [3.8, 4) is 5.75 Å². The lowest BCUT2D eigenvalue weighted by molar-refractivity contribution is 0.222. The van der Waals surface area contributed by atoms with E-state index in [0.717, 1.165) is 32.6 Å². The smallest absolute Gasteiger partial charge is 0.226 e. The Hall–Kier alpha value is -3.45. The Bertz CT molecular complexity index is 1350. The van der Waals surface area contributed by atoms with Gasteiger partial charge in [0.2, 0.25) is 5.95 Å². The highest BCUT2D eigenvalue weighted by atomic mass is 79.9. The fourth-order valence-electron chi connectivity index (χ4n) is 4.36. The third-order valence-corrected chi connectivity index (χ3v) is 6.17. The van der Waals surface area contributed by atoms with Crippen LogP contribution in [0.4, 0.5) is 10.3 Å². The highest BCUT2D eigenvalue weighted by Gasteiger charge is 2.41. The predicted molar refractivity (Wildman–Crippen MR) is 119 cm³/mol. The summed E-state index contributed by atoms with van der Waals surface area (Å²) < 4.78 is 24.3. The van der Waals surface area contributed by atoms with Crippen molar-refractivity contribution in [2.24, 2.45) is 0 Å². The van der Waals surface area contributed by atoms with Gasteiger partial charge in [0.1, 0.15) is 30.0 Å². The zero-order valence-electron chi connectivity index (χ0n) is 16.2. The average molecular weight is 475 g/mol. The number of rotatable bonds is 2. The number of hydrogen-bond donors (Lipinski definition) is 1. The van der Waals surface area contributed by atoms with Crippen LogP contribution in [0.25, 0.3) is 5.70 Å².